The van der Waals surface area contributed by atoms with Crippen molar-refractivity contribution in [2.45, 2.75) is 52.1 Å². The van der Waals surface area contributed by atoms with Gasteiger partial charge in [0.25, 0.3) is 0 Å². The molecule has 0 aromatic heterocycles. The van der Waals surface area contributed by atoms with Crippen molar-refractivity contribution < 1.29 is 61.6 Å². The van der Waals surface area contributed by atoms with Crippen molar-refractivity contribution in [1.82, 2.24) is 4.58 Å². The number of carbonyl (C=O) groups excluding carboxylic acids is 6. The van der Waals surface area contributed by atoms with Gasteiger partial charge in [0, 0.05) is 77.8 Å². The van der Waals surface area contributed by atoms with Gasteiger partial charge in [0.05, 0.1) is 11.6 Å². The Morgan fingerprint density at radius 2 is 1.16 bits per heavy atom. The molecule has 2 aliphatic rings. The van der Waals surface area contributed by atoms with Crippen molar-refractivity contribution in [2.75, 3.05) is 44.3 Å². The number of esters is 6. The highest BCUT2D eigenvalue weighted by molar-refractivity contribution is 6.08. The lowest BCUT2D eigenvalue weighted by Crippen LogP contribution is -2.54. The number of nitrogens with zero attached hydrogens (tertiary/aromatic N) is 2. The average molecular weight is 878 g/mol. The molecule has 0 N–H and O–H groups in total. The van der Waals surface area contributed by atoms with Crippen LogP contribution in [0.5, 0.6) is 0 Å². The normalized spacial score (nSPS) is 12.6. The molecule has 0 spiro atoms. The molecule has 4 unspecified atom stereocenters. The standard InChI is InChI=1S/C49H53N2O13/c1-10-41(52)58-29-39(61-43(54)12-3)47(63-44(55)13-4)48(64-45(56)14-5)40(30-59-42(53)11-2)62-49(57)34-22-20-19-21-33(34)46-35-25-23-31(50(15-6)16-7)27-37(35)60-38-28-32(24-26-36(38)46)51(17-8)18-9/h10-14,19-28,39-40,47-48H,1-5,15-18,29-30H2,6-9H3/q+1. The second-order valence-electron chi connectivity index (χ2n) is 13.7. The van der Waals surface area contributed by atoms with Gasteiger partial charge in [0.1, 0.15) is 37.6 Å². The summed E-state index contributed by atoms with van der Waals surface area (Å²) in [6.45, 7) is 26.6. The van der Waals surface area contributed by atoms with Crippen molar-refractivity contribution in [1.29, 1.82) is 0 Å². The fraction of sp³-hybridized carbons (Fsp3) is 0.286. The number of fused-ring (bicyclic) bond motifs is 2. The van der Waals surface area contributed by atoms with Crippen LogP contribution in [0.25, 0.3) is 33.4 Å². The molecule has 0 bridgehead atoms. The lowest BCUT2D eigenvalue weighted by molar-refractivity contribution is -0.197. The predicted octanol–water partition coefficient (Wildman–Crippen LogP) is 6.14. The predicted molar refractivity (Wildman–Crippen MR) is 240 cm³/mol. The number of hydrogen-bond donors (Lipinski definition) is 0. The first-order valence-corrected chi connectivity index (χ1v) is 20.5. The van der Waals surface area contributed by atoms with Crippen LogP contribution in [0, 0.1) is 0 Å². The second kappa shape index (κ2) is 23.6. The van der Waals surface area contributed by atoms with Crippen LogP contribution in [-0.4, -0.2) is 99.6 Å². The Morgan fingerprint density at radius 1 is 0.625 bits per heavy atom. The molecule has 1 aliphatic carbocycles. The molecule has 0 saturated heterocycles. The maximum absolute atomic E-state index is 14.8. The van der Waals surface area contributed by atoms with Crippen molar-refractivity contribution in [3.05, 3.63) is 135 Å². The molecule has 0 saturated carbocycles. The van der Waals surface area contributed by atoms with E-state index in [0.29, 0.717) is 33.4 Å². The average Bonchev–Trinajstić information content (AvgIpc) is 3.31. The van der Waals surface area contributed by atoms with E-state index in [4.69, 9.17) is 32.8 Å². The summed E-state index contributed by atoms with van der Waals surface area (Å²) in [7, 11) is 0. The summed E-state index contributed by atoms with van der Waals surface area (Å²) >= 11 is 0. The number of benzene rings is 3. The Hall–Kier alpha value is -7.55. The molecule has 1 heterocycles. The van der Waals surface area contributed by atoms with Gasteiger partial charge >= 0.3 is 35.8 Å². The summed E-state index contributed by atoms with van der Waals surface area (Å²) in [6, 6.07) is 18.3. The van der Waals surface area contributed by atoms with Gasteiger partial charge in [-0.15, -0.1) is 0 Å². The second-order valence-corrected chi connectivity index (χ2v) is 13.7. The minimum Gasteiger partial charge on any atom is -0.458 e. The highest BCUT2D eigenvalue weighted by Crippen LogP contribution is 2.42. The minimum atomic E-state index is -1.96. The first kappa shape index (κ1) is 49.1. The Labute approximate surface area is 371 Å². The van der Waals surface area contributed by atoms with Gasteiger partial charge in [-0.2, -0.15) is 0 Å². The van der Waals surface area contributed by atoms with Gasteiger partial charge in [-0.1, -0.05) is 51.1 Å². The van der Waals surface area contributed by atoms with Crippen molar-refractivity contribution in [3.8, 4) is 22.5 Å². The molecular formula is C49H53N2O13+. The Balaban J connectivity index is 2.00. The zero-order chi connectivity index (χ0) is 46.9. The molecular weight excluding hydrogens is 825 g/mol. The molecule has 15 nitrogen and oxygen atoms in total. The molecule has 2 aromatic rings. The van der Waals surface area contributed by atoms with E-state index in [1.54, 1.807) is 18.2 Å². The van der Waals surface area contributed by atoms with Crippen LogP contribution in [0.3, 0.4) is 0 Å². The van der Waals surface area contributed by atoms with E-state index in [2.05, 4.69) is 70.1 Å². The minimum absolute atomic E-state index is 0.0139. The van der Waals surface area contributed by atoms with Crippen LogP contribution >= 0.6 is 0 Å². The summed E-state index contributed by atoms with van der Waals surface area (Å²) in [4.78, 5) is 80.3. The van der Waals surface area contributed by atoms with E-state index >= 15 is 0 Å². The molecule has 0 radical (unpaired) electrons. The van der Waals surface area contributed by atoms with Gasteiger partial charge in [-0.05, 0) is 57.5 Å². The summed E-state index contributed by atoms with van der Waals surface area (Å²) in [5.74, 6) is -5.73. The number of rotatable bonds is 23. The van der Waals surface area contributed by atoms with Gasteiger partial charge in [-0.25, -0.2) is 33.3 Å². The Bertz CT molecular complexity index is 2460. The fourth-order valence-electron chi connectivity index (χ4n) is 6.92. The van der Waals surface area contributed by atoms with E-state index < -0.39 is 73.4 Å². The quantitative estimate of drug-likeness (QED) is 0.0273. The van der Waals surface area contributed by atoms with Crippen LogP contribution in [0.2, 0.25) is 0 Å². The number of carbonyl (C=O) groups is 6. The largest absolute Gasteiger partial charge is 0.458 e. The number of ether oxygens (including phenoxy) is 6. The van der Waals surface area contributed by atoms with Crippen LogP contribution in [0.1, 0.15) is 38.1 Å². The van der Waals surface area contributed by atoms with Crippen molar-refractivity contribution >= 4 is 52.5 Å². The summed E-state index contributed by atoms with van der Waals surface area (Å²) in [5, 5.41) is 1.60. The maximum atomic E-state index is 14.8. The van der Waals surface area contributed by atoms with E-state index in [0.717, 1.165) is 67.6 Å². The highest BCUT2D eigenvalue weighted by Gasteiger charge is 2.45. The third kappa shape index (κ3) is 12.1. The fourth-order valence-corrected chi connectivity index (χ4v) is 6.92. The van der Waals surface area contributed by atoms with Gasteiger partial charge < -0.3 is 37.7 Å². The lowest BCUT2D eigenvalue weighted by Gasteiger charge is -2.35. The first-order chi connectivity index (χ1) is 30.8. The lowest BCUT2D eigenvalue weighted by atomic mass is 9.90. The third-order valence-electron chi connectivity index (χ3n) is 10.1. The SMILES string of the molecule is C=CC(=O)OCC(OC(=O)C=C)C(OC(=O)C=C)C(OC(=O)C=C)C(COC(=O)C=C)OC(=O)c1ccccc1-c1c2ccc(=[N+](CC)CC)cc-2oc2cc(N(CC)CC)ccc12. The molecule has 336 valence electrons. The maximum Gasteiger partial charge on any atom is 0.339 e. The topological polar surface area (TPSA) is 177 Å². The van der Waals surface area contributed by atoms with E-state index in [9.17, 15) is 28.8 Å². The number of anilines is 1. The summed E-state index contributed by atoms with van der Waals surface area (Å²) in [6.07, 6.45) is -3.53. The Kier molecular flexibility index (Phi) is 18.1. The molecule has 2 aromatic carbocycles. The third-order valence-corrected chi connectivity index (χ3v) is 10.1. The van der Waals surface area contributed by atoms with Crippen LogP contribution < -0.4 is 14.8 Å². The molecule has 4 atom stereocenters. The van der Waals surface area contributed by atoms with E-state index in [1.165, 1.54) is 6.07 Å². The van der Waals surface area contributed by atoms with E-state index in [1.807, 2.05) is 36.4 Å². The molecule has 15 heteroatoms. The smallest absolute Gasteiger partial charge is 0.339 e. The Morgan fingerprint density at radius 3 is 1.69 bits per heavy atom. The monoisotopic (exact) mass is 877 g/mol. The number of hydrogen-bond acceptors (Lipinski definition) is 14. The van der Waals surface area contributed by atoms with Crippen LogP contribution in [0.15, 0.2) is 128 Å². The first-order valence-electron chi connectivity index (χ1n) is 20.5. The van der Waals surface area contributed by atoms with Gasteiger partial charge in [-0.3, -0.25) is 0 Å². The van der Waals surface area contributed by atoms with Gasteiger partial charge in [0.2, 0.25) is 5.36 Å². The van der Waals surface area contributed by atoms with Crippen molar-refractivity contribution in [2.24, 2.45) is 0 Å². The summed E-state index contributed by atoms with van der Waals surface area (Å²) < 4.78 is 42.1. The molecule has 4 rings (SSSR count). The van der Waals surface area contributed by atoms with Crippen LogP contribution in [-0.2, 0) is 52.4 Å². The highest BCUT2D eigenvalue weighted by atomic mass is 16.6. The molecule has 1 aliphatic heterocycles. The van der Waals surface area contributed by atoms with Gasteiger partial charge in [0.15, 0.2) is 24.4 Å². The van der Waals surface area contributed by atoms with Crippen molar-refractivity contribution in [3.63, 3.8) is 0 Å². The zero-order valence-corrected chi connectivity index (χ0v) is 36.4. The zero-order valence-electron chi connectivity index (χ0n) is 36.4. The summed E-state index contributed by atoms with van der Waals surface area (Å²) in [5.41, 5.74) is 3.20. The van der Waals surface area contributed by atoms with Crippen LogP contribution in [0.4, 0.5) is 5.69 Å². The van der Waals surface area contributed by atoms with E-state index in [-0.39, 0.29) is 5.56 Å². The molecule has 0 amide bonds. The molecule has 64 heavy (non-hydrogen) atoms. The molecule has 0 fully saturated rings.